The number of nitrogens with one attached hydrogen (secondary N) is 1. The molecule has 7 atom stereocenters. The molecule has 0 radical (unpaired) electrons. The number of carbonyl (C=O) groups is 4. The van der Waals surface area contributed by atoms with E-state index in [-0.39, 0.29) is 43.9 Å². The van der Waals surface area contributed by atoms with Gasteiger partial charge in [-0.3, -0.25) is 19.2 Å². The van der Waals surface area contributed by atoms with Gasteiger partial charge in [-0.15, -0.1) is 13.2 Å². The van der Waals surface area contributed by atoms with Crippen LogP contribution in [0.15, 0.2) is 98.1 Å². The summed E-state index contributed by atoms with van der Waals surface area (Å²) < 4.78 is 12.3. The van der Waals surface area contributed by atoms with Gasteiger partial charge in [-0.1, -0.05) is 86.7 Å². The molecule has 3 aromatic carbocycles. The van der Waals surface area contributed by atoms with Crippen LogP contribution in [0.3, 0.4) is 0 Å². The Morgan fingerprint density at radius 1 is 1.06 bits per heavy atom. The maximum absolute atomic E-state index is 15.1. The number of amides is 3. The Labute approximate surface area is 305 Å². The SMILES string of the molecule is C=CCCC(=O)OC[C@@H](NC(=O)[C@@H]1[C@@H]2CC[C@]3(O2)[C@H](C(=O)N(CC=C)c2ccc4ccccc4c2)N([C@@H](CO)CC(C)C)C(=O)[C@@H]13)c1ccccc1. The Bertz CT molecular complexity index is 1810. The summed E-state index contributed by atoms with van der Waals surface area (Å²) in [4.78, 5) is 59.9. The molecule has 3 aliphatic rings. The van der Waals surface area contributed by atoms with Crippen molar-refractivity contribution in [2.45, 2.75) is 75.8 Å². The number of aliphatic hydroxyl groups is 1. The van der Waals surface area contributed by atoms with Gasteiger partial charge in [0.15, 0.2) is 0 Å². The van der Waals surface area contributed by atoms with E-state index in [4.69, 9.17) is 9.47 Å². The lowest BCUT2D eigenvalue weighted by Gasteiger charge is -2.39. The first kappa shape index (κ1) is 37.0. The van der Waals surface area contributed by atoms with Crippen LogP contribution in [0, 0.1) is 17.8 Å². The molecule has 3 saturated heterocycles. The summed E-state index contributed by atoms with van der Waals surface area (Å²) in [5.41, 5.74) is 0.114. The van der Waals surface area contributed by atoms with Gasteiger partial charge in [-0.05, 0) is 60.1 Å². The largest absolute Gasteiger partial charge is 0.463 e. The molecule has 0 unspecified atom stereocenters. The Morgan fingerprint density at radius 3 is 2.48 bits per heavy atom. The molecule has 52 heavy (non-hydrogen) atoms. The fraction of sp³-hybridized carbons (Fsp3) is 0.429. The van der Waals surface area contributed by atoms with Crippen molar-refractivity contribution in [2.75, 3.05) is 24.7 Å². The number of hydrogen-bond acceptors (Lipinski definition) is 7. The van der Waals surface area contributed by atoms with Gasteiger partial charge in [0.2, 0.25) is 11.8 Å². The Hall–Kier alpha value is -4.80. The number of likely N-dealkylation sites (tertiary alicyclic amines) is 1. The highest BCUT2D eigenvalue weighted by Crippen LogP contribution is 2.59. The normalized spacial score (nSPS) is 24.4. The number of aliphatic hydroxyl groups excluding tert-OH is 1. The van der Waals surface area contributed by atoms with E-state index in [1.54, 1.807) is 17.1 Å². The third-order valence-corrected chi connectivity index (χ3v) is 10.7. The van der Waals surface area contributed by atoms with Crippen LogP contribution >= 0.6 is 0 Å². The summed E-state index contributed by atoms with van der Waals surface area (Å²) in [5, 5.41) is 15.8. The molecule has 0 saturated carbocycles. The second kappa shape index (κ2) is 15.8. The summed E-state index contributed by atoms with van der Waals surface area (Å²) in [6, 6.07) is 20.5. The van der Waals surface area contributed by atoms with E-state index >= 15 is 4.79 Å². The molecule has 3 aromatic rings. The van der Waals surface area contributed by atoms with Gasteiger partial charge in [-0.25, -0.2) is 0 Å². The molecular weight excluding hydrogens is 658 g/mol. The van der Waals surface area contributed by atoms with Gasteiger partial charge >= 0.3 is 5.97 Å². The first-order chi connectivity index (χ1) is 25.1. The molecular formula is C42H49N3O7. The number of hydrogen-bond donors (Lipinski definition) is 2. The maximum atomic E-state index is 15.1. The minimum atomic E-state index is -1.28. The number of esters is 1. The second-order valence-electron chi connectivity index (χ2n) is 14.5. The third-order valence-electron chi connectivity index (χ3n) is 10.7. The van der Waals surface area contributed by atoms with E-state index in [0.717, 1.165) is 16.3 Å². The van der Waals surface area contributed by atoms with Crippen molar-refractivity contribution in [3.63, 3.8) is 0 Å². The lowest BCUT2D eigenvalue weighted by molar-refractivity contribution is -0.146. The maximum Gasteiger partial charge on any atom is 0.306 e. The van der Waals surface area contributed by atoms with Crippen LogP contribution in [0.25, 0.3) is 10.8 Å². The number of nitrogens with zero attached hydrogens (tertiary/aromatic N) is 2. The summed E-state index contributed by atoms with van der Waals surface area (Å²) >= 11 is 0. The molecule has 10 heteroatoms. The number of ether oxygens (including phenoxy) is 2. The minimum absolute atomic E-state index is 0.0930. The highest BCUT2D eigenvalue weighted by molar-refractivity contribution is 6.06. The van der Waals surface area contributed by atoms with Crippen LogP contribution in [0.2, 0.25) is 0 Å². The minimum Gasteiger partial charge on any atom is -0.463 e. The average molecular weight is 708 g/mol. The van der Waals surface area contributed by atoms with Crippen molar-refractivity contribution in [3.8, 4) is 0 Å². The lowest BCUT2D eigenvalue weighted by atomic mass is 9.70. The van der Waals surface area contributed by atoms with Crippen molar-refractivity contribution in [1.82, 2.24) is 10.2 Å². The summed E-state index contributed by atoms with van der Waals surface area (Å²) in [5.74, 6) is -3.26. The summed E-state index contributed by atoms with van der Waals surface area (Å²) in [6.45, 7) is 11.3. The van der Waals surface area contributed by atoms with Crippen LogP contribution in [-0.2, 0) is 28.7 Å². The van der Waals surface area contributed by atoms with Gasteiger partial charge < -0.3 is 29.7 Å². The van der Waals surface area contributed by atoms with Crippen LogP contribution in [0.5, 0.6) is 0 Å². The number of allylic oxidation sites excluding steroid dienone is 1. The molecule has 0 aromatic heterocycles. The molecule has 6 rings (SSSR count). The zero-order valence-corrected chi connectivity index (χ0v) is 30.0. The van der Waals surface area contributed by atoms with Crippen molar-refractivity contribution >= 4 is 40.2 Å². The molecule has 2 N–H and O–H groups in total. The fourth-order valence-corrected chi connectivity index (χ4v) is 8.47. The Balaban J connectivity index is 1.35. The van der Waals surface area contributed by atoms with E-state index in [1.807, 2.05) is 86.6 Å². The quantitative estimate of drug-likeness (QED) is 0.149. The summed E-state index contributed by atoms with van der Waals surface area (Å²) in [7, 11) is 0. The first-order valence-electron chi connectivity index (χ1n) is 18.3. The molecule has 3 heterocycles. The van der Waals surface area contributed by atoms with E-state index in [1.165, 1.54) is 4.90 Å². The van der Waals surface area contributed by atoms with Crippen LogP contribution < -0.4 is 10.2 Å². The Morgan fingerprint density at radius 2 is 1.79 bits per heavy atom. The van der Waals surface area contributed by atoms with Gasteiger partial charge in [0, 0.05) is 18.7 Å². The van der Waals surface area contributed by atoms with E-state index in [9.17, 15) is 19.5 Å². The van der Waals surface area contributed by atoms with Gasteiger partial charge in [0.1, 0.15) is 18.2 Å². The van der Waals surface area contributed by atoms with Crippen molar-refractivity contribution in [2.24, 2.45) is 17.8 Å². The zero-order chi connectivity index (χ0) is 37.0. The van der Waals surface area contributed by atoms with Crippen LogP contribution in [-0.4, -0.2) is 77.2 Å². The second-order valence-corrected chi connectivity index (χ2v) is 14.5. The lowest BCUT2D eigenvalue weighted by Crippen LogP contribution is -2.59. The molecule has 1 spiro atoms. The highest BCUT2D eigenvalue weighted by atomic mass is 16.5. The number of rotatable bonds is 16. The molecule has 10 nitrogen and oxygen atoms in total. The van der Waals surface area contributed by atoms with Gasteiger partial charge in [-0.2, -0.15) is 0 Å². The number of fused-ring (bicyclic) bond motifs is 2. The number of carbonyl (C=O) groups excluding carboxylic acids is 4. The monoisotopic (exact) mass is 707 g/mol. The van der Waals surface area contributed by atoms with Crippen molar-refractivity contribution in [3.05, 3.63) is 104 Å². The van der Waals surface area contributed by atoms with Crippen LogP contribution in [0.4, 0.5) is 5.69 Å². The predicted molar refractivity (Wildman–Crippen MR) is 199 cm³/mol. The highest BCUT2D eigenvalue weighted by Gasteiger charge is 2.75. The molecule has 0 aliphatic carbocycles. The Kier molecular flexibility index (Phi) is 11.3. The zero-order valence-electron chi connectivity index (χ0n) is 30.0. The number of anilines is 1. The third kappa shape index (κ3) is 7.01. The molecule has 3 fully saturated rings. The number of benzene rings is 3. The molecule has 274 valence electrons. The summed E-state index contributed by atoms with van der Waals surface area (Å²) in [6.07, 6.45) is 4.70. The van der Waals surface area contributed by atoms with E-state index in [2.05, 4.69) is 18.5 Å². The topological polar surface area (TPSA) is 125 Å². The van der Waals surface area contributed by atoms with E-state index < -0.39 is 53.5 Å². The van der Waals surface area contributed by atoms with Crippen molar-refractivity contribution < 1.29 is 33.8 Å². The average Bonchev–Trinajstić information content (AvgIpc) is 3.80. The predicted octanol–water partition coefficient (Wildman–Crippen LogP) is 5.51. The first-order valence-corrected chi connectivity index (χ1v) is 18.3. The van der Waals surface area contributed by atoms with Crippen LogP contribution in [0.1, 0.15) is 57.6 Å². The molecule has 2 bridgehead atoms. The van der Waals surface area contributed by atoms with E-state index in [0.29, 0.717) is 31.4 Å². The standard InChI is InChI=1S/C42H49N3O7/c1-5-7-17-35(47)51-26-33(29-14-9-8-10-15-29)43-39(48)36-34-20-21-42(52-34)37(36)40(49)45(32(25-46)23-27(3)4)38(42)41(50)44(22-6-2)31-19-18-28-13-11-12-16-30(28)24-31/h5-6,8-16,18-19,24,27,32-34,36-38,46H,1-2,7,17,20-23,25-26H2,3-4H3,(H,43,48)/t32-,33-,34+,36-,37-,38+,42-/m1/s1. The molecule has 3 amide bonds. The smallest absolute Gasteiger partial charge is 0.306 e. The fourth-order valence-electron chi connectivity index (χ4n) is 8.47. The van der Waals surface area contributed by atoms with Crippen molar-refractivity contribution in [1.29, 1.82) is 0 Å². The van der Waals surface area contributed by atoms with Gasteiger partial charge in [0.25, 0.3) is 5.91 Å². The molecule has 3 aliphatic heterocycles. The van der Waals surface area contributed by atoms with Gasteiger partial charge in [0.05, 0.1) is 36.6 Å².